The van der Waals surface area contributed by atoms with Crippen LogP contribution in [0.1, 0.15) is 22.9 Å². The Balaban J connectivity index is 1.91. The van der Waals surface area contributed by atoms with Crippen LogP contribution in [0.4, 0.5) is 0 Å². The molecule has 1 aromatic heterocycles. The molecule has 0 bridgehead atoms. The van der Waals surface area contributed by atoms with Gasteiger partial charge in [-0.2, -0.15) is 0 Å². The Morgan fingerprint density at radius 1 is 1.06 bits per heavy atom. The molecule has 0 saturated carbocycles. The van der Waals surface area contributed by atoms with Crippen molar-refractivity contribution in [2.45, 2.75) is 12.6 Å². The topological polar surface area (TPSA) is 79.7 Å². The minimum absolute atomic E-state index is 0.0613. The Labute approximate surface area is 194 Å². The van der Waals surface area contributed by atoms with Crippen LogP contribution in [0.5, 0.6) is 5.75 Å². The molecule has 1 amide bonds. The fourth-order valence-corrected chi connectivity index (χ4v) is 4.02. The largest absolute Gasteiger partial charge is 0.507 e. The lowest BCUT2D eigenvalue weighted by Gasteiger charge is -2.26. The second-order valence-corrected chi connectivity index (χ2v) is 7.93. The summed E-state index contributed by atoms with van der Waals surface area (Å²) in [5.41, 5.74) is 1.37. The fourth-order valence-electron chi connectivity index (χ4n) is 3.72. The van der Waals surface area contributed by atoms with Gasteiger partial charge in [0.15, 0.2) is 0 Å². The lowest BCUT2D eigenvalue weighted by Crippen LogP contribution is -2.29. The van der Waals surface area contributed by atoms with Gasteiger partial charge < -0.3 is 14.7 Å². The Morgan fingerprint density at radius 2 is 1.81 bits per heavy atom. The maximum atomic E-state index is 13.1. The molecule has 1 fully saturated rings. The summed E-state index contributed by atoms with van der Waals surface area (Å²) in [4.78, 5) is 31.9. The van der Waals surface area contributed by atoms with Gasteiger partial charge in [0.2, 0.25) is 0 Å². The number of rotatable bonds is 5. The van der Waals surface area contributed by atoms with E-state index < -0.39 is 17.7 Å². The molecule has 8 heteroatoms. The molecule has 0 spiro atoms. The number of aliphatic hydroxyl groups excluding tert-OH is 1. The summed E-state index contributed by atoms with van der Waals surface area (Å²) < 4.78 is 5.49. The van der Waals surface area contributed by atoms with Gasteiger partial charge >= 0.3 is 0 Å². The van der Waals surface area contributed by atoms with Crippen molar-refractivity contribution < 1.29 is 19.4 Å². The number of benzene rings is 2. The molecular formula is C24H18Cl2N2O4. The number of pyridine rings is 1. The molecule has 0 radical (unpaired) electrons. The third kappa shape index (κ3) is 3.95. The number of ketones is 1. The Bertz CT molecular complexity index is 1230. The van der Waals surface area contributed by atoms with Gasteiger partial charge in [-0.1, -0.05) is 47.5 Å². The highest BCUT2D eigenvalue weighted by Crippen LogP contribution is 2.43. The first kappa shape index (κ1) is 21.9. The quantitative estimate of drug-likeness (QED) is 0.323. The number of nitrogens with zero attached hydrogens (tertiary/aromatic N) is 2. The van der Waals surface area contributed by atoms with Crippen molar-refractivity contribution in [3.8, 4) is 5.75 Å². The van der Waals surface area contributed by atoms with Crippen molar-refractivity contribution in [1.29, 1.82) is 0 Å². The molecule has 0 aliphatic carbocycles. The standard InChI is InChI=1S/C24H18Cl2N2O4/c1-32-19-8-3-2-7-16(19)21-20(22(29)14-9-10-17(25)18(26)12-14)23(30)24(31)28(21)13-15-6-4-5-11-27-15/h2-12,21,29H,13H2,1H3/b22-20+. The van der Waals surface area contributed by atoms with E-state index >= 15 is 0 Å². The molecule has 4 rings (SSSR count). The summed E-state index contributed by atoms with van der Waals surface area (Å²) in [6.45, 7) is 0.0757. The normalized spacial score (nSPS) is 17.6. The number of hydrogen-bond acceptors (Lipinski definition) is 5. The zero-order valence-corrected chi connectivity index (χ0v) is 18.5. The van der Waals surface area contributed by atoms with Gasteiger partial charge in [-0.3, -0.25) is 14.6 Å². The van der Waals surface area contributed by atoms with Crippen LogP contribution in [0.25, 0.3) is 5.76 Å². The number of methoxy groups -OCH3 is 1. The maximum Gasteiger partial charge on any atom is 0.296 e. The number of carbonyl (C=O) groups is 2. The number of aliphatic hydroxyl groups is 1. The van der Waals surface area contributed by atoms with Gasteiger partial charge in [0.05, 0.1) is 41.0 Å². The van der Waals surface area contributed by atoms with Gasteiger partial charge in [-0.25, -0.2) is 0 Å². The number of Topliss-reactive ketones (excluding diaryl/α,β-unsaturated/α-hetero) is 1. The van der Waals surface area contributed by atoms with E-state index in [1.165, 1.54) is 30.2 Å². The summed E-state index contributed by atoms with van der Waals surface area (Å²) in [6.07, 6.45) is 1.61. The number of aromatic nitrogens is 1. The Kier molecular flexibility index (Phi) is 6.17. The highest BCUT2D eigenvalue weighted by molar-refractivity contribution is 6.46. The summed E-state index contributed by atoms with van der Waals surface area (Å²) >= 11 is 12.1. The third-order valence-electron chi connectivity index (χ3n) is 5.23. The van der Waals surface area contributed by atoms with Crippen molar-refractivity contribution in [2.75, 3.05) is 7.11 Å². The molecule has 1 atom stereocenters. The molecular weight excluding hydrogens is 451 g/mol. The molecule has 3 aromatic rings. The van der Waals surface area contributed by atoms with Gasteiger partial charge in [0, 0.05) is 17.3 Å². The first-order chi connectivity index (χ1) is 15.4. The SMILES string of the molecule is COc1ccccc1C1/C(=C(\O)c2ccc(Cl)c(Cl)c2)C(=O)C(=O)N1Cc1ccccn1. The Morgan fingerprint density at radius 3 is 2.50 bits per heavy atom. The number of carbonyl (C=O) groups excluding carboxylic acids is 2. The molecule has 1 N–H and O–H groups in total. The lowest BCUT2D eigenvalue weighted by atomic mass is 9.94. The molecule has 1 aliphatic heterocycles. The van der Waals surface area contributed by atoms with E-state index in [1.54, 1.807) is 48.7 Å². The number of para-hydroxylation sites is 1. The summed E-state index contributed by atoms with van der Waals surface area (Å²) in [5.74, 6) is -1.42. The monoisotopic (exact) mass is 468 g/mol. The average molecular weight is 469 g/mol. The molecule has 32 heavy (non-hydrogen) atoms. The number of hydrogen-bond donors (Lipinski definition) is 1. The molecule has 1 aliphatic rings. The summed E-state index contributed by atoms with van der Waals surface area (Å²) in [6, 6.07) is 16.0. The minimum Gasteiger partial charge on any atom is -0.507 e. The smallest absolute Gasteiger partial charge is 0.296 e. The van der Waals surface area contributed by atoms with Crippen LogP contribution in [0, 0.1) is 0 Å². The van der Waals surface area contributed by atoms with Gasteiger partial charge in [0.1, 0.15) is 11.5 Å². The first-order valence-electron chi connectivity index (χ1n) is 9.69. The zero-order chi connectivity index (χ0) is 22.8. The minimum atomic E-state index is -0.886. The molecule has 1 saturated heterocycles. The van der Waals surface area contributed by atoms with E-state index in [1.807, 2.05) is 0 Å². The van der Waals surface area contributed by atoms with Crippen LogP contribution in [0.3, 0.4) is 0 Å². The van der Waals surface area contributed by atoms with E-state index in [0.29, 0.717) is 22.0 Å². The predicted octanol–water partition coefficient (Wildman–Crippen LogP) is 5.02. The zero-order valence-electron chi connectivity index (χ0n) is 17.0. The third-order valence-corrected chi connectivity index (χ3v) is 5.96. The van der Waals surface area contributed by atoms with Gasteiger partial charge in [-0.15, -0.1) is 0 Å². The fraction of sp³-hybridized carbons (Fsp3) is 0.125. The second kappa shape index (κ2) is 9.02. The molecule has 1 unspecified atom stereocenters. The van der Waals surface area contributed by atoms with Crippen LogP contribution in [-0.4, -0.2) is 33.8 Å². The van der Waals surface area contributed by atoms with E-state index in [4.69, 9.17) is 27.9 Å². The average Bonchev–Trinajstić information content (AvgIpc) is 3.05. The summed E-state index contributed by atoms with van der Waals surface area (Å²) in [5, 5.41) is 11.6. The van der Waals surface area contributed by atoms with Gasteiger partial charge in [0.25, 0.3) is 11.7 Å². The maximum absolute atomic E-state index is 13.1. The van der Waals surface area contributed by atoms with E-state index in [0.717, 1.165) is 0 Å². The van der Waals surface area contributed by atoms with Gasteiger partial charge in [-0.05, 0) is 36.4 Å². The molecule has 162 valence electrons. The number of halogens is 2. The van der Waals surface area contributed by atoms with Crippen LogP contribution < -0.4 is 4.74 Å². The van der Waals surface area contributed by atoms with Crippen molar-refractivity contribution in [1.82, 2.24) is 9.88 Å². The van der Waals surface area contributed by atoms with E-state index in [-0.39, 0.29) is 28.5 Å². The van der Waals surface area contributed by atoms with Crippen LogP contribution in [0.2, 0.25) is 10.0 Å². The first-order valence-corrected chi connectivity index (χ1v) is 10.4. The van der Waals surface area contributed by atoms with Crippen molar-refractivity contribution in [3.63, 3.8) is 0 Å². The predicted molar refractivity (Wildman–Crippen MR) is 122 cm³/mol. The van der Waals surface area contributed by atoms with Crippen LogP contribution >= 0.6 is 23.2 Å². The van der Waals surface area contributed by atoms with Crippen molar-refractivity contribution in [2.24, 2.45) is 0 Å². The van der Waals surface area contributed by atoms with Crippen molar-refractivity contribution in [3.05, 3.63) is 99.3 Å². The van der Waals surface area contributed by atoms with Crippen LogP contribution in [-0.2, 0) is 16.1 Å². The number of likely N-dealkylation sites (tertiary alicyclic amines) is 1. The molecule has 2 heterocycles. The highest BCUT2D eigenvalue weighted by atomic mass is 35.5. The number of ether oxygens (including phenoxy) is 1. The molecule has 6 nitrogen and oxygen atoms in total. The van der Waals surface area contributed by atoms with Crippen molar-refractivity contribution >= 4 is 40.7 Å². The number of amides is 1. The van der Waals surface area contributed by atoms with E-state index in [9.17, 15) is 14.7 Å². The summed E-state index contributed by atoms with van der Waals surface area (Å²) in [7, 11) is 1.50. The van der Waals surface area contributed by atoms with E-state index in [2.05, 4.69) is 4.98 Å². The highest BCUT2D eigenvalue weighted by Gasteiger charge is 2.47. The lowest BCUT2D eigenvalue weighted by molar-refractivity contribution is -0.140. The second-order valence-electron chi connectivity index (χ2n) is 7.12. The molecule has 2 aromatic carbocycles. The Hall–Kier alpha value is -3.35. The van der Waals surface area contributed by atoms with Crippen LogP contribution in [0.15, 0.2) is 72.4 Å².